The molecule has 4 heterocycles. The summed E-state index contributed by atoms with van der Waals surface area (Å²) < 4.78 is 7.94. The number of aromatic nitrogens is 4. The van der Waals surface area contributed by atoms with Crippen LogP contribution >= 0.6 is 11.3 Å². The van der Waals surface area contributed by atoms with Crippen LogP contribution < -0.4 is 4.74 Å². The van der Waals surface area contributed by atoms with Crippen LogP contribution in [0.2, 0.25) is 0 Å². The first-order chi connectivity index (χ1) is 14.1. The zero-order chi connectivity index (χ0) is 20.0. The van der Waals surface area contributed by atoms with Crippen molar-refractivity contribution in [3.8, 4) is 27.8 Å². The van der Waals surface area contributed by atoms with Crippen LogP contribution in [0.5, 0.6) is 5.75 Å². The topological polar surface area (TPSA) is 76.3 Å². The van der Waals surface area contributed by atoms with Crippen LogP contribution in [-0.4, -0.2) is 62.6 Å². The molecule has 3 aromatic rings. The van der Waals surface area contributed by atoms with Gasteiger partial charge in [0.05, 0.1) is 18.9 Å². The fourth-order valence-corrected chi connectivity index (χ4v) is 5.12. The average Bonchev–Trinajstić information content (AvgIpc) is 3.29. The van der Waals surface area contributed by atoms with Crippen LogP contribution in [0.25, 0.3) is 22.1 Å². The van der Waals surface area contributed by atoms with E-state index in [0.717, 1.165) is 53.9 Å². The van der Waals surface area contributed by atoms with Gasteiger partial charge < -0.3 is 9.84 Å². The maximum absolute atomic E-state index is 9.11. The Balaban J connectivity index is 1.51. The zero-order valence-electron chi connectivity index (χ0n) is 16.7. The van der Waals surface area contributed by atoms with Gasteiger partial charge in [-0.1, -0.05) is 6.07 Å². The van der Waals surface area contributed by atoms with E-state index < -0.39 is 0 Å². The number of rotatable bonds is 5. The summed E-state index contributed by atoms with van der Waals surface area (Å²) >= 11 is 1.69. The number of benzene rings is 1. The fourth-order valence-electron chi connectivity index (χ4n) is 4.08. The molecule has 0 amide bonds. The van der Waals surface area contributed by atoms with E-state index in [1.54, 1.807) is 17.7 Å². The van der Waals surface area contributed by atoms with Crippen LogP contribution in [-0.2, 0) is 6.42 Å². The second-order valence-electron chi connectivity index (χ2n) is 7.95. The Hall–Kier alpha value is -2.29. The van der Waals surface area contributed by atoms with E-state index in [4.69, 9.17) is 14.8 Å². The molecule has 0 radical (unpaired) electrons. The molecule has 29 heavy (non-hydrogen) atoms. The number of nitrogens with zero attached hydrogens (tertiary/aromatic N) is 5. The van der Waals surface area contributed by atoms with Crippen LogP contribution in [0.1, 0.15) is 36.2 Å². The average molecular weight is 412 g/mol. The molecule has 1 saturated heterocycles. The lowest BCUT2D eigenvalue weighted by atomic mass is 9.89. The van der Waals surface area contributed by atoms with Gasteiger partial charge in [-0.15, -0.1) is 11.3 Å². The molecule has 1 aromatic carbocycles. The molecule has 2 aliphatic heterocycles. The molecule has 5 rings (SSSR count). The highest BCUT2D eigenvalue weighted by Gasteiger charge is 2.29. The van der Waals surface area contributed by atoms with Crippen LogP contribution in [0.15, 0.2) is 24.5 Å². The van der Waals surface area contributed by atoms with Gasteiger partial charge in [-0.25, -0.2) is 14.6 Å². The number of aliphatic hydroxyl groups is 1. The molecule has 1 N–H and O–H groups in total. The summed E-state index contributed by atoms with van der Waals surface area (Å²) in [7, 11) is 0. The summed E-state index contributed by atoms with van der Waals surface area (Å²) in [4.78, 5) is 13.0. The third-order valence-corrected chi connectivity index (χ3v) is 6.75. The summed E-state index contributed by atoms with van der Waals surface area (Å²) in [5.41, 5.74) is 3.41. The van der Waals surface area contributed by atoms with Gasteiger partial charge in [0.25, 0.3) is 0 Å². The number of hydrogen-bond donors (Lipinski definition) is 1. The lowest BCUT2D eigenvalue weighted by molar-refractivity contribution is 0.115. The highest BCUT2D eigenvalue weighted by Crippen LogP contribution is 2.42. The smallest absolute Gasteiger partial charge is 0.187 e. The van der Waals surface area contributed by atoms with E-state index in [1.165, 1.54) is 10.4 Å². The Labute approximate surface area is 174 Å². The highest BCUT2D eigenvalue weighted by molar-refractivity contribution is 7.15. The monoisotopic (exact) mass is 411 g/mol. The number of hydrogen-bond acceptors (Lipinski definition) is 7. The molecule has 0 atom stereocenters. The number of aliphatic hydroxyl groups excluding tert-OH is 1. The van der Waals surface area contributed by atoms with Crippen molar-refractivity contribution in [2.24, 2.45) is 0 Å². The van der Waals surface area contributed by atoms with Crippen LogP contribution in [0.3, 0.4) is 0 Å². The predicted octanol–water partition coefficient (Wildman–Crippen LogP) is 2.98. The lowest BCUT2D eigenvalue weighted by Crippen LogP contribution is -2.46. The molecule has 8 heteroatoms. The summed E-state index contributed by atoms with van der Waals surface area (Å²) in [5, 5.41) is 14.4. The maximum atomic E-state index is 9.11. The minimum Gasteiger partial charge on any atom is -0.493 e. The van der Waals surface area contributed by atoms with Crippen molar-refractivity contribution in [1.29, 1.82) is 0 Å². The zero-order valence-corrected chi connectivity index (χ0v) is 17.5. The van der Waals surface area contributed by atoms with Crippen molar-refractivity contribution in [3.63, 3.8) is 0 Å². The molecule has 152 valence electrons. The van der Waals surface area contributed by atoms with E-state index in [1.807, 2.05) is 4.68 Å². The Bertz CT molecular complexity index is 1020. The molecule has 0 saturated carbocycles. The third kappa shape index (κ3) is 3.35. The molecular formula is C21H25N5O2S. The normalized spacial score (nSPS) is 16.8. The van der Waals surface area contributed by atoms with Crippen molar-refractivity contribution in [1.82, 2.24) is 24.6 Å². The van der Waals surface area contributed by atoms with Gasteiger partial charge >= 0.3 is 0 Å². The lowest BCUT2D eigenvalue weighted by Gasteiger charge is -2.39. The Morgan fingerprint density at radius 2 is 2.17 bits per heavy atom. The standard InChI is InChI=1S/C21H25N5O2S/c1-13(2)26-20(22-12-23-26)21-24-19-16-9-14(15-10-25(11-15)6-7-27)3-4-17(16)28-8-5-18(19)29-21/h3-4,9,12-13,15,27H,5-8,10-11H2,1-2H3. The molecular weight excluding hydrogens is 386 g/mol. The van der Waals surface area contributed by atoms with Crippen molar-refractivity contribution in [2.45, 2.75) is 32.2 Å². The summed E-state index contributed by atoms with van der Waals surface area (Å²) in [6.45, 7) is 7.82. The molecule has 2 aromatic heterocycles. The largest absolute Gasteiger partial charge is 0.493 e. The van der Waals surface area contributed by atoms with E-state index in [0.29, 0.717) is 12.5 Å². The van der Waals surface area contributed by atoms with Crippen molar-refractivity contribution < 1.29 is 9.84 Å². The van der Waals surface area contributed by atoms with Crippen LogP contribution in [0.4, 0.5) is 0 Å². The summed E-state index contributed by atoms with van der Waals surface area (Å²) in [6, 6.07) is 6.74. The second-order valence-corrected chi connectivity index (χ2v) is 9.03. The van der Waals surface area contributed by atoms with Crippen molar-refractivity contribution in [3.05, 3.63) is 35.0 Å². The predicted molar refractivity (Wildman–Crippen MR) is 112 cm³/mol. The quantitative estimate of drug-likeness (QED) is 0.696. The molecule has 0 aliphatic carbocycles. The molecule has 7 nitrogen and oxygen atoms in total. The molecule has 0 spiro atoms. The summed E-state index contributed by atoms with van der Waals surface area (Å²) in [5.74, 6) is 2.23. The first-order valence-corrected chi connectivity index (χ1v) is 11.0. The van der Waals surface area contributed by atoms with Gasteiger partial charge in [-0.3, -0.25) is 4.90 Å². The highest BCUT2D eigenvalue weighted by atomic mass is 32.1. The number of likely N-dealkylation sites (tertiary alicyclic amines) is 1. The van der Waals surface area contributed by atoms with Gasteiger partial charge in [0.15, 0.2) is 10.8 Å². The molecule has 0 bridgehead atoms. The van der Waals surface area contributed by atoms with Crippen molar-refractivity contribution in [2.75, 3.05) is 32.8 Å². The Kier molecular flexibility index (Phi) is 4.85. The van der Waals surface area contributed by atoms with Gasteiger partial charge in [0.1, 0.15) is 12.1 Å². The first-order valence-electron chi connectivity index (χ1n) is 10.1. The van der Waals surface area contributed by atoms with Crippen LogP contribution in [0, 0.1) is 0 Å². The SMILES string of the molecule is CC(C)n1ncnc1-c1nc2c(s1)CCOc1ccc(C3CN(CCO)C3)cc1-2. The van der Waals surface area contributed by atoms with Gasteiger partial charge in [-0.2, -0.15) is 5.10 Å². The Morgan fingerprint density at radius 1 is 1.31 bits per heavy atom. The number of thiazole rings is 1. The van der Waals surface area contributed by atoms with E-state index in [9.17, 15) is 0 Å². The maximum Gasteiger partial charge on any atom is 0.187 e. The van der Waals surface area contributed by atoms with E-state index in [2.05, 4.69) is 47.0 Å². The minimum absolute atomic E-state index is 0.219. The fraction of sp³-hybridized carbons (Fsp3) is 0.476. The number of ether oxygens (including phenoxy) is 1. The molecule has 0 unspecified atom stereocenters. The summed E-state index contributed by atoms with van der Waals surface area (Å²) in [6.07, 6.45) is 2.45. The number of β-amino-alcohol motifs (C(OH)–C–C–N with tert-alkyl or cyclic N) is 1. The van der Waals surface area contributed by atoms with Gasteiger partial charge in [0.2, 0.25) is 0 Å². The molecule has 1 fully saturated rings. The van der Waals surface area contributed by atoms with Gasteiger partial charge in [-0.05, 0) is 31.5 Å². The van der Waals surface area contributed by atoms with Gasteiger partial charge in [0, 0.05) is 48.5 Å². The van der Waals surface area contributed by atoms with Crippen molar-refractivity contribution >= 4 is 11.3 Å². The first kappa shape index (κ1) is 18.7. The second kappa shape index (κ2) is 7.51. The van der Waals surface area contributed by atoms with E-state index >= 15 is 0 Å². The third-order valence-electron chi connectivity index (χ3n) is 5.64. The Morgan fingerprint density at radius 3 is 2.97 bits per heavy atom. The number of fused-ring (bicyclic) bond motifs is 3. The minimum atomic E-state index is 0.219. The molecule has 2 aliphatic rings. The van der Waals surface area contributed by atoms with E-state index in [-0.39, 0.29) is 12.6 Å².